The Hall–Kier alpha value is -1.85. The summed E-state index contributed by atoms with van der Waals surface area (Å²) in [6.07, 6.45) is 5.89. The predicted molar refractivity (Wildman–Crippen MR) is 61.4 cm³/mol. The summed E-state index contributed by atoms with van der Waals surface area (Å²) < 4.78 is 4.52. The van der Waals surface area contributed by atoms with E-state index in [1.54, 1.807) is 0 Å². The number of hydrogen-bond acceptors (Lipinski definition) is 4. The van der Waals surface area contributed by atoms with E-state index in [9.17, 15) is 9.59 Å². The fraction of sp³-hybridized carbons (Fsp3) is 0.545. The van der Waals surface area contributed by atoms with Crippen molar-refractivity contribution in [2.75, 3.05) is 13.7 Å². The molecular formula is C11H17N3O3. The van der Waals surface area contributed by atoms with E-state index in [1.807, 2.05) is 0 Å². The Morgan fingerprint density at radius 3 is 2.88 bits per heavy atom. The van der Waals surface area contributed by atoms with Gasteiger partial charge in [0.25, 0.3) is 5.91 Å². The first-order chi connectivity index (χ1) is 8.24. The molecule has 0 saturated carbocycles. The standard InChI is InChI=1S/C11H17N3O3/c1-17-10(15)5-3-2-4-6-13-11(16)9-7-12-8-14-9/h7-8H,2-6H2,1H3,(H,12,14)(H,13,16). The van der Waals surface area contributed by atoms with Crippen LogP contribution in [0, 0.1) is 0 Å². The molecule has 0 spiro atoms. The Bertz CT molecular complexity index is 349. The molecule has 0 aliphatic carbocycles. The van der Waals surface area contributed by atoms with E-state index in [0.717, 1.165) is 19.3 Å². The number of methoxy groups -OCH3 is 1. The molecule has 0 radical (unpaired) electrons. The van der Waals surface area contributed by atoms with Crippen molar-refractivity contribution in [1.29, 1.82) is 0 Å². The maximum absolute atomic E-state index is 11.4. The zero-order valence-corrected chi connectivity index (χ0v) is 9.86. The highest BCUT2D eigenvalue weighted by molar-refractivity contribution is 5.91. The van der Waals surface area contributed by atoms with Crippen molar-refractivity contribution < 1.29 is 14.3 Å². The van der Waals surface area contributed by atoms with Crippen molar-refractivity contribution in [2.45, 2.75) is 25.7 Å². The van der Waals surface area contributed by atoms with Gasteiger partial charge in [-0.15, -0.1) is 0 Å². The van der Waals surface area contributed by atoms with Crippen LogP contribution in [-0.2, 0) is 9.53 Å². The van der Waals surface area contributed by atoms with E-state index in [-0.39, 0.29) is 11.9 Å². The quantitative estimate of drug-likeness (QED) is 0.546. The summed E-state index contributed by atoms with van der Waals surface area (Å²) in [5.74, 6) is -0.345. The van der Waals surface area contributed by atoms with Gasteiger partial charge in [0.15, 0.2) is 0 Å². The predicted octanol–water partition coefficient (Wildman–Crippen LogP) is 0.873. The fourth-order valence-electron chi connectivity index (χ4n) is 1.35. The van der Waals surface area contributed by atoms with Crippen LogP contribution in [0.15, 0.2) is 12.5 Å². The van der Waals surface area contributed by atoms with Crippen LogP contribution in [0.25, 0.3) is 0 Å². The van der Waals surface area contributed by atoms with Gasteiger partial charge in [0.05, 0.1) is 19.6 Å². The Morgan fingerprint density at radius 2 is 2.24 bits per heavy atom. The van der Waals surface area contributed by atoms with Gasteiger partial charge in [-0.05, 0) is 12.8 Å². The number of imidazole rings is 1. The molecule has 0 bridgehead atoms. The number of aromatic nitrogens is 2. The topological polar surface area (TPSA) is 84.1 Å². The maximum atomic E-state index is 11.4. The lowest BCUT2D eigenvalue weighted by Gasteiger charge is -2.03. The number of H-pyrrole nitrogens is 1. The summed E-state index contributed by atoms with van der Waals surface area (Å²) in [6, 6.07) is 0. The molecular weight excluding hydrogens is 222 g/mol. The third-order valence-electron chi connectivity index (χ3n) is 2.31. The van der Waals surface area contributed by atoms with E-state index in [1.165, 1.54) is 19.6 Å². The molecule has 0 fully saturated rings. The summed E-state index contributed by atoms with van der Waals surface area (Å²) in [4.78, 5) is 28.7. The van der Waals surface area contributed by atoms with Gasteiger partial charge in [-0.1, -0.05) is 6.42 Å². The lowest BCUT2D eigenvalue weighted by molar-refractivity contribution is -0.140. The van der Waals surface area contributed by atoms with Crippen LogP contribution in [0.5, 0.6) is 0 Å². The molecule has 0 atom stereocenters. The van der Waals surface area contributed by atoms with Crippen LogP contribution >= 0.6 is 0 Å². The molecule has 0 saturated heterocycles. The van der Waals surface area contributed by atoms with E-state index in [2.05, 4.69) is 20.0 Å². The minimum Gasteiger partial charge on any atom is -0.469 e. The van der Waals surface area contributed by atoms with Gasteiger partial charge >= 0.3 is 5.97 Å². The summed E-state index contributed by atoms with van der Waals surface area (Å²) in [6.45, 7) is 0.596. The molecule has 94 valence electrons. The average Bonchev–Trinajstić information content (AvgIpc) is 2.86. The van der Waals surface area contributed by atoms with Crippen molar-refractivity contribution in [3.63, 3.8) is 0 Å². The minimum atomic E-state index is -0.188. The van der Waals surface area contributed by atoms with Gasteiger partial charge in [0, 0.05) is 13.0 Å². The third-order valence-corrected chi connectivity index (χ3v) is 2.31. The number of esters is 1. The first-order valence-corrected chi connectivity index (χ1v) is 5.57. The van der Waals surface area contributed by atoms with Gasteiger partial charge in [-0.25, -0.2) is 4.98 Å². The highest BCUT2D eigenvalue weighted by Gasteiger charge is 2.05. The van der Waals surface area contributed by atoms with E-state index in [0.29, 0.717) is 18.7 Å². The van der Waals surface area contributed by atoms with Crippen LogP contribution in [0.2, 0.25) is 0 Å². The number of carbonyl (C=O) groups excluding carboxylic acids is 2. The summed E-state index contributed by atoms with van der Waals surface area (Å²) in [5.41, 5.74) is 0.458. The molecule has 6 heteroatoms. The zero-order valence-electron chi connectivity index (χ0n) is 9.86. The van der Waals surface area contributed by atoms with Crippen LogP contribution < -0.4 is 5.32 Å². The molecule has 1 rings (SSSR count). The van der Waals surface area contributed by atoms with E-state index in [4.69, 9.17) is 0 Å². The molecule has 2 N–H and O–H groups in total. The molecule has 1 aromatic heterocycles. The van der Waals surface area contributed by atoms with Gasteiger partial charge in [0.1, 0.15) is 5.69 Å². The van der Waals surface area contributed by atoms with Gasteiger partial charge in [0.2, 0.25) is 0 Å². The molecule has 0 aromatic carbocycles. The number of ether oxygens (including phenoxy) is 1. The number of unbranched alkanes of at least 4 members (excludes halogenated alkanes) is 2. The lowest BCUT2D eigenvalue weighted by Crippen LogP contribution is -2.24. The Morgan fingerprint density at radius 1 is 1.41 bits per heavy atom. The van der Waals surface area contributed by atoms with E-state index < -0.39 is 0 Å². The Kier molecular flexibility index (Phi) is 5.77. The summed E-state index contributed by atoms with van der Waals surface area (Å²) >= 11 is 0. The Balaban J connectivity index is 2.01. The number of nitrogens with one attached hydrogen (secondary N) is 2. The number of hydrogen-bond donors (Lipinski definition) is 2. The number of aromatic amines is 1. The largest absolute Gasteiger partial charge is 0.469 e. The average molecular weight is 239 g/mol. The highest BCUT2D eigenvalue weighted by Crippen LogP contribution is 2.00. The fourth-order valence-corrected chi connectivity index (χ4v) is 1.35. The van der Waals surface area contributed by atoms with Crippen molar-refractivity contribution in [3.05, 3.63) is 18.2 Å². The molecule has 1 amide bonds. The first kappa shape index (κ1) is 13.2. The molecule has 0 aliphatic rings. The second kappa shape index (κ2) is 7.43. The normalized spacial score (nSPS) is 9.94. The van der Waals surface area contributed by atoms with Gasteiger partial charge < -0.3 is 15.0 Å². The summed E-state index contributed by atoms with van der Waals surface area (Å²) in [5, 5.41) is 2.76. The number of carbonyl (C=O) groups is 2. The number of amides is 1. The van der Waals surface area contributed by atoms with Crippen LogP contribution in [0.3, 0.4) is 0 Å². The monoisotopic (exact) mass is 239 g/mol. The Labute approximate surface area is 99.8 Å². The number of nitrogens with zero attached hydrogens (tertiary/aromatic N) is 1. The van der Waals surface area contributed by atoms with Gasteiger partial charge in [-0.3, -0.25) is 9.59 Å². The SMILES string of the molecule is COC(=O)CCCCCNC(=O)c1cnc[nH]1. The molecule has 1 aromatic rings. The van der Waals surface area contributed by atoms with Crippen LogP contribution in [0.4, 0.5) is 0 Å². The van der Waals surface area contributed by atoms with E-state index >= 15 is 0 Å². The highest BCUT2D eigenvalue weighted by atomic mass is 16.5. The molecule has 1 heterocycles. The lowest BCUT2D eigenvalue weighted by atomic mass is 10.2. The molecule has 17 heavy (non-hydrogen) atoms. The smallest absolute Gasteiger partial charge is 0.305 e. The van der Waals surface area contributed by atoms with Crippen LogP contribution in [0.1, 0.15) is 36.2 Å². The third kappa shape index (κ3) is 5.14. The number of rotatable bonds is 7. The van der Waals surface area contributed by atoms with Crippen molar-refractivity contribution >= 4 is 11.9 Å². The van der Waals surface area contributed by atoms with Crippen molar-refractivity contribution in [2.24, 2.45) is 0 Å². The van der Waals surface area contributed by atoms with Gasteiger partial charge in [-0.2, -0.15) is 0 Å². The molecule has 0 unspecified atom stereocenters. The maximum Gasteiger partial charge on any atom is 0.305 e. The zero-order chi connectivity index (χ0) is 12.5. The molecule has 0 aliphatic heterocycles. The van der Waals surface area contributed by atoms with Crippen molar-refractivity contribution in [1.82, 2.24) is 15.3 Å². The first-order valence-electron chi connectivity index (χ1n) is 5.57. The second-order valence-electron chi connectivity index (χ2n) is 3.61. The molecule has 6 nitrogen and oxygen atoms in total. The second-order valence-corrected chi connectivity index (χ2v) is 3.61. The summed E-state index contributed by atoms with van der Waals surface area (Å²) in [7, 11) is 1.38. The van der Waals surface area contributed by atoms with Crippen molar-refractivity contribution in [3.8, 4) is 0 Å². The minimum absolute atomic E-state index is 0.157. The van der Waals surface area contributed by atoms with Crippen LogP contribution in [-0.4, -0.2) is 35.5 Å².